The second kappa shape index (κ2) is 10.4. The number of nitrogens with one attached hydrogen (secondary N) is 1. The molecule has 2 unspecified atom stereocenters. The maximum absolute atomic E-state index is 14.0. The predicted octanol–water partition coefficient (Wildman–Crippen LogP) is 3.72. The summed E-state index contributed by atoms with van der Waals surface area (Å²) in [7, 11) is 1.40. The molecule has 0 bridgehead atoms. The van der Waals surface area contributed by atoms with Crippen LogP contribution in [0.15, 0.2) is 67.0 Å². The maximum Gasteiger partial charge on any atom is 0.255 e. The lowest BCUT2D eigenvalue weighted by molar-refractivity contribution is -0.131. The number of halogens is 1. The average molecular weight is 463 g/mol. The zero-order valence-corrected chi connectivity index (χ0v) is 18.9. The third kappa shape index (κ3) is 5.23. The Morgan fingerprint density at radius 3 is 2.59 bits per heavy atom. The Kier molecular flexibility index (Phi) is 7.18. The molecule has 1 fully saturated rings. The third-order valence-electron chi connectivity index (χ3n) is 6.10. The van der Waals surface area contributed by atoms with E-state index in [4.69, 9.17) is 10.5 Å². The summed E-state index contributed by atoms with van der Waals surface area (Å²) in [5, 5.41) is 2.82. The molecule has 2 amide bonds. The van der Waals surface area contributed by atoms with Crippen LogP contribution in [0, 0.1) is 5.82 Å². The summed E-state index contributed by atoms with van der Waals surface area (Å²) in [6.07, 6.45) is 4.95. The van der Waals surface area contributed by atoms with Gasteiger partial charge in [-0.1, -0.05) is 18.2 Å². The van der Waals surface area contributed by atoms with E-state index in [-0.39, 0.29) is 30.0 Å². The summed E-state index contributed by atoms with van der Waals surface area (Å²) in [5.74, 6) is -0.655. The topological polar surface area (TPSA) is 97.5 Å². The highest BCUT2D eigenvalue weighted by atomic mass is 19.1. The number of amides is 2. The fraction of sp³-hybridized carbons (Fsp3) is 0.269. The van der Waals surface area contributed by atoms with Gasteiger partial charge in [-0.05, 0) is 60.4 Å². The molecule has 176 valence electrons. The fourth-order valence-corrected chi connectivity index (χ4v) is 4.29. The van der Waals surface area contributed by atoms with Crippen molar-refractivity contribution >= 4 is 17.5 Å². The van der Waals surface area contributed by atoms with Gasteiger partial charge in [-0.25, -0.2) is 4.39 Å². The van der Waals surface area contributed by atoms with E-state index in [0.29, 0.717) is 23.4 Å². The van der Waals surface area contributed by atoms with Crippen molar-refractivity contribution in [2.75, 3.05) is 19.0 Å². The van der Waals surface area contributed by atoms with Crippen molar-refractivity contribution in [2.45, 2.75) is 31.3 Å². The lowest BCUT2D eigenvalue weighted by atomic mass is 9.96. The van der Waals surface area contributed by atoms with Gasteiger partial charge >= 0.3 is 0 Å². The number of carbonyl (C=O) groups excluding carboxylic acids is 2. The van der Waals surface area contributed by atoms with E-state index in [1.54, 1.807) is 47.6 Å². The number of aromatic nitrogens is 1. The molecule has 0 radical (unpaired) electrons. The van der Waals surface area contributed by atoms with Gasteiger partial charge in [-0.3, -0.25) is 14.6 Å². The minimum atomic E-state index is -0.490. The summed E-state index contributed by atoms with van der Waals surface area (Å²) in [4.78, 5) is 31.2. The van der Waals surface area contributed by atoms with Crippen LogP contribution >= 0.6 is 0 Å². The molecule has 2 aromatic carbocycles. The van der Waals surface area contributed by atoms with Gasteiger partial charge in [0.2, 0.25) is 5.91 Å². The van der Waals surface area contributed by atoms with Gasteiger partial charge in [-0.15, -0.1) is 0 Å². The standard InChI is InChI=1S/C26H27FN4O3/c1-34-23-9-4-17(15-21(23)27)16-24(32)31-14-2-3-22(31)25(28)18-5-7-19(8-6-18)26(33)30-20-10-12-29-13-11-20/h4-13,15,22,25H,2-3,14,16,28H2,1H3,(H,29,30,33). The first-order valence-electron chi connectivity index (χ1n) is 11.1. The molecule has 34 heavy (non-hydrogen) atoms. The number of methoxy groups -OCH3 is 1. The summed E-state index contributed by atoms with van der Waals surface area (Å²) >= 11 is 0. The first-order chi connectivity index (χ1) is 16.5. The zero-order valence-electron chi connectivity index (χ0n) is 18.9. The van der Waals surface area contributed by atoms with Crippen LogP contribution in [0.25, 0.3) is 0 Å². The molecule has 0 spiro atoms. The van der Waals surface area contributed by atoms with Gasteiger partial charge in [0.1, 0.15) is 0 Å². The highest BCUT2D eigenvalue weighted by Gasteiger charge is 2.33. The molecule has 7 nitrogen and oxygen atoms in total. The van der Waals surface area contributed by atoms with Crippen molar-refractivity contribution in [3.05, 3.63) is 89.5 Å². The average Bonchev–Trinajstić information content (AvgIpc) is 3.35. The second-order valence-corrected chi connectivity index (χ2v) is 8.28. The molecule has 3 aromatic rings. The van der Waals surface area contributed by atoms with Gasteiger partial charge in [0.15, 0.2) is 11.6 Å². The van der Waals surface area contributed by atoms with E-state index in [2.05, 4.69) is 10.3 Å². The van der Waals surface area contributed by atoms with Crippen molar-refractivity contribution in [2.24, 2.45) is 5.73 Å². The summed E-state index contributed by atoms with van der Waals surface area (Å²) in [6.45, 7) is 0.613. The van der Waals surface area contributed by atoms with E-state index in [9.17, 15) is 14.0 Å². The Morgan fingerprint density at radius 2 is 1.91 bits per heavy atom. The lowest BCUT2D eigenvalue weighted by Crippen LogP contribution is -2.42. The Hall–Kier alpha value is -3.78. The number of hydrogen-bond acceptors (Lipinski definition) is 5. The predicted molar refractivity (Wildman–Crippen MR) is 127 cm³/mol. The molecule has 8 heteroatoms. The minimum Gasteiger partial charge on any atom is -0.494 e. The van der Waals surface area contributed by atoms with Gasteiger partial charge in [0, 0.05) is 30.2 Å². The molecule has 4 rings (SSSR count). The van der Waals surface area contributed by atoms with Gasteiger partial charge in [-0.2, -0.15) is 0 Å². The van der Waals surface area contributed by atoms with E-state index < -0.39 is 11.9 Å². The molecular weight excluding hydrogens is 435 g/mol. The first kappa shape index (κ1) is 23.4. The second-order valence-electron chi connectivity index (χ2n) is 8.28. The number of nitrogens with two attached hydrogens (primary N) is 1. The first-order valence-corrected chi connectivity index (χ1v) is 11.1. The molecule has 2 heterocycles. The Bertz CT molecular complexity index is 1150. The number of ether oxygens (including phenoxy) is 1. The number of rotatable bonds is 7. The van der Waals surface area contributed by atoms with Crippen molar-refractivity contribution in [3.8, 4) is 5.75 Å². The Balaban J connectivity index is 1.41. The number of anilines is 1. The van der Waals surface area contributed by atoms with Gasteiger partial charge in [0.05, 0.1) is 25.6 Å². The lowest BCUT2D eigenvalue weighted by Gasteiger charge is -2.30. The molecule has 3 N–H and O–H groups in total. The number of hydrogen-bond donors (Lipinski definition) is 2. The SMILES string of the molecule is COc1ccc(CC(=O)N2CCCC2C(N)c2ccc(C(=O)Nc3ccncc3)cc2)cc1F. The smallest absolute Gasteiger partial charge is 0.255 e. The Morgan fingerprint density at radius 1 is 1.18 bits per heavy atom. The molecule has 1 saturated heterocycles. The van der Waals surface area contributed by atoms with Gasteiger partial charge < -0.3 is 20.7 Å². The molecule has 1 aliphatic heterocycles. The number of pyridine rings is 1. The normalized spacial score (nSPS) is 16.2. The van der Waals surface area contributed by atoms with Crippen molar-refractivity contribution < 1.29 is 18.7 Å². The van der Waals surface area contributed by atoms with E-state index in [0.717, 1.165) is 18.4 Å². The van der Waals surface area contributed by atoms with Crippen LogP contribution < -0.4 is 15.8 Å². The van der Waals surface area contributed by atoms with Crippen LogP contribution in [0.3, 0.4) is 0 Å². The van der Waals surface area contributed by atoms with Crippen molar-refractivity contribution in [3.63, 3.8) is 0 Å². The molecule has 2 atom stereocenters. The molecule has 1 aromatic heterocycles. The highest BCUT2D eigenvalue weighted by molar-refractivity contribution is 6.04. The third-order valence-corrected chi connectivity index (χ3v) is 6.10. The van der Waals surface area contributed by atoms with E-state index in [1.165, 1.54) is 19.2 Å². The summed E-state index contributed by atoms with van der Waals surface area (Å²) in [6, 6.07) is 14.5. The van der Waals surface area contributed by atoms with Crippen LogP contribution in [0.2, 0.25) is 0 Å². The number of carbonyl (C=O) groups is 2. The fourth-order valence-electron chi connectivity index (χ4n) is 4.29. The summed E-state index contributed by atoms with van der Waals surface area (Å²) in [5.41, 5.74) is 9.17. The largest absolute Gasteiger partial charge is 0.494 e. The Labute approximate surface area is 197 Å². The quantitative estimate of drug-likeness (QED) is 0.558. The van der Waals surface area contributed by atoms with Crippen LogP contribution in [-0.2, 0) is 11.2 Å². The minimum absolute atomic E-state index is 0.0872. The van der Waals surface area contributed by atoms with Gasteiger partial charge in [0.25, 0.3) is 5.91 Å². The van der Waals surface area contributed by atoms with Crippen LogP contribution in [0.5, 0.6) is 5.75 Å². The van der Waals surface area contributed by atoms with Crippen LogP contribution in [0.4, 0.5) is 10.1 Å². The monoisotopic (exact) mass is 462 g/mol. The summed E-state index contributed by atoms with van der Waals surface area (Å²) < 4.78 is 19.0. The molecule has 1 aliphatic rings. The van der Waals surface area contributed by atoms with E-state index >= 15 is 0 Å². The van der Waals surface area contributed by atoms with Crippen molar-refractivity contribution in [1.82, 2.24) is 9.88 Å². The number of nitrogens with zero attached hydrogens (tertiary/aromatic N) is 2. The zero-order chi connectivity index (χ0) is 24.1. The highest BCUT2D eigenvalue weighted by Crippen LogP contribution is 2.29. The van der Waals surface area contributed by atoms with Crippen LogP contribution in [-0.4, -0.2) is 41.4 Å². The number of benzene rings is 2. The van der Waals surface area contributed by atoms with Crippen molar-refractivity contribution in [1.29, 1.82) is 0 Å². The number of likely N-dealkylation sites (tertiary alicyclic amines) is 1. The molecule has 0 aliphatic carbocycles. The maximum atomic E-state index is 14.0. The molecular formula is C26H27FN4O3. The van der Waals surface area contributed by atoms with E-state index in [1.807, 2.05) is 12.1 Å². The van der Waals surface area contributed by atoms with Crippen LogP contribution in [0.1, 0.15) is 40.4 Å². The molecule has 0 saturated carbocycles.